The average Bonchev–Trinajstić information content (AvgIpc) is 3.54. The zero-order valence-corrected chi connectivity index (χ0v) is 21.7. The van der Waals surface area contributed by atoms with E-state index in [-0.39, 0.29) is 6.42 Å². The van der Waals surface area contributed by atoms with E-state index < -0.39 is 59.3 Å². The zero-order valence-electron chi connectivity index (χ0n) is 21.7. The van der Waals surface area contributed by atoms with Gasteiger partial charge in [0.15, 0.2) is 12.2 Å². The summed E-state index contributed by atoms with van der Waals surface area (Å²) >= 11 is 0. The lowest BCUT2D eigenvalue weighted by molar-refractivity contribution is -0.160. The van der Waals surface area contributed by atoms with Crippen LogP contribution in [0.3, 0.4) is 0 Å². The third-order valence-electron chi connectivity index (χ3n) is 5.86. The number of carbonyl (C=O) groups is 3. The van der Waals surface area contributed by atoms with Crippen molar-refractivity contribution in [2.24, 2.45) is 5.92 Å². The number of nitrogens with one attached hydrogen (secondary N) is 1. The summed E-state index contributed by atoms with van der Waals surface area (Å²) in [4.78, 5) is 36.1. The first-order valence-electron chi connectivity index (χ1n) is 11.7. The number of carbonyl (C=O) groups excluding carboxylic acids is 2. The van der Waals surface area contributed by atoms with E-state index in [2.05, 4.69) is 5.32 Å². The highest BCUT2D eigenvalue weighted by Crippen LogP contribution is 2.33. The SMILES string of the molecule is C/C=C(\C)CC(C)(O)C(O)C(O)C(=O)NC(C(=O)O[C@H](C=CC=C/C=C/C(=O)O)C1(C)CO1)C(C)C. The summed E-state index contributed by atoms with van der Waals surface area (Å²) in [6.45, 7) is 10.3. The lowest BCUT2D eigenvalue weighted by Crippen LogP contribution is -2.56. The van der Waals surface area contributed by atoms with E-state index in [4.69, 9.17) is 14.6 Å². The number of hydrogen-bond donors (Lipinski definition) is 5. The van der Waals surface area contributed by atoms with Crippen LogP contribution in [0, 0.1) is 5.92 Å². The van der Waals surface area contributed by atoms with Gasteiger partial charge in [0.05, 0.1) is 12.2 Å². The third kappa shape index (κ3) is 9.69. The van der Waals surface area contributed by atoms with Crippen molar-refractivity contribution in [2.75, 3.05) is 6.61 Å². The molecule has 1 fully saturated rings. The molecule has 10 nitrogen and oxygen atoms in total. The smallest absolute Gasteiger partial charge is 0.329 e. The molecule has 5 unspecified atom stereocenters. The molecular weight excluding hydrogens is 470 g/mol. The van der Waals surface area contributed by atoms with Crippen molar-refractivity contribution < 1.29 is 44.3 Å². The number of epoxide rings is 1. The molecule has 0 bridgehead atoms. The van der Waals surface area contributed by atoms with Gasteiger partial charge in [-0.15, -0.1) is 0 Å². The quantitative estimate of drug-likeness (QED) is 0.0765. The van der Waals surface area contributed by atoms with E-state index in [0.717, 1.165) is 11.6 Å². The molecule has 1 rings (SSSR count). The molecule has 36 heavy (non-hydrogen) atoms. The maximum absolute atomic E-state index is 13.0. The Hall–Kier alpha value is -2.79. The molecule has 1 aliphatic heterocycles. The Labute approximate surface area is 212 Å². The molecule has 1 aliphatic rings. The number of amides is 1. The first-order valence-corrected chi connectivity index (χ1v) is 11.7. The summed E-state index contributed by atoms with van der Waals surface area (Å²) in [5, 5.41) is 42.4. The van der Waals surface area contributed by atoms with Crippen LogP contribution in [0.25, 0.3) is 0 Å². The van der Waals surface area contributed by atoms with Gasteiger partial charge < -0.3 is 35.2 Å². The molecule has 0 aromatic carbocycles. The number of carboxylic acid groups (broad SMARTS) is 1. The van der Waals surface area contributed by atoms with Gasteiger partial charge in [0.2, 0.25) is 0 Å². The largest absolute Gasteiger partial charge is 0.478 e. The molecule has 0 saturated carbocycles. The molecule has 0 spiro atoms. The summed E-state index contributed by atoms with van der Waals surface area (Å²) in [6, 6.07) is -1.14. The summed E-state index contributed by atoms with van der Waals surface area (Å²) < 4.78 is 11.0. The van der Waals surface area contributed by atoms with Crippen LogP contribution in [0.4, 0.5) is 0 Å². The van der Waals surface area contributed by atoms with Crippen LogP contribution < -0.4 is 5.32 Å². The number of rotatable bonds is 14. The number of hydrogen-bond acceptors (Lipinski definition) is 8. The first kappa shape index (κ1) is 31.2. The van der Waals surface area contributed by atoms with Gasteiger partial charge in [0, 0.05) is 6.08 Å². The summed E-state index contributed by atoms with van der Waals surface area (Å²) in [5.41, 5.74) is -1.76. The number of esters is 1. The molecule has 6 atom stereocenters. The van der Waals surface area contributed by atoms with Gasteiger partial charge >= 0.3 is 11.9 Å². The second kappa shape index (κ2) is 13.5. The van der Waals surface area contributed by atoms with Crippen LogP contribution >= 0.6 is 0 Å². The average molecular weight is 510 g/mol. The van der Waals surface area contributed by atoms with Gasteiger partial charge in [-0.2, -0.15) is 0 Å². The second-order valence-corrected chi connectivity index (χ2v) is 9.71. The number of ether oxygens (including phenoxy) is 2. The fourth-order valence-electron chi connectivity index (χ4n) is 3.27. The highest BCUT2D eigenvalue weighted by atomic mass is 16.6. The van der Waals surface area contributed by atoms with Crippen molar-refractivity contribution in [2.45, 2.75) is 83.5 Å². The summed E-state index contributed by atoms with van der Waals surface area (Å²) in [6.07, 6.45) is 5.73. The minimum atomic E-state index is -1.98. The van der Waals surface area contributed by atoms with Crippen LogP contribution in [0.1, 0.15) is 48.0 Å². The van der Waals surface area contributed by atoms with Crippen LogP contribution in [-0.2, 0) is 23.9 Å². The predicted octanol–water partition coefficient (Wildman–Crippen LogP) is 1.41. The Bertz CT molecular complexity index is 897. The van der Waals surface area contributed by atoms with Crippen LogP contribution in [0.15, 0.2) is 48.1 Å². The van der Waals surface area contributed by atoms with Crippen molar-refractivity contribution in [3.05, 3.63) is 48.1 Å². The van der Waals surface area contributed by atoms with E-state index in [1.54, 1.807) is 58.9 Å². The van der Waals surface area contributed by atoms with Crippen LogP contribution in [0.5, 0.6) is 0 Å². The Morgan fingerprint density at radius 2 is 1.75 bits per heavy atom. The first-order chi connectivity index (χ1) is 16.6. The molecule has 1 saturated heterocycles. The van der Waals surface area contributed by atoms with E-state index >= 15 is 0 Å². The van der Waals surface area contributed by atoms with Gasteiger partial charge in [-0.1, -0.05) is 49.8 Å². The van der Waals surface area contributed by atoms with Gasteiger partial charge in [-0.25, -0.2) is 9.59 Å². The molecule has 5 N–H and O–H groups in total. The van der Waals surface area contributed by atoms with Crippen molar-refractivity contribution in [3.8, 4) is 0 Å². The number of aliphatic hydroxyl groups is 3. The van der Waals surface area contributed by atoms with E-state index in [1.165, 1.54) is 19.1 Å². The minimum Gasteiger partial charge on any atom is -0.478 e. The predicted molar refractivity (Wildman–Crippen MR) is 133 cm³/mol. The van der Waals surface area contributed by atoms with E-state index in [0.29, 0.717) is 6.61 Å². The minimum absolute atomic E-state index is 0.0395. The number of aliphatic hydroxyl groups excluding tert-OH is 2. The maximum Gasteiger partial charge on any atom is 0.329 e. The number of aliphatic carboxylic acids is 1. The molecule has 0 radical (unpaired) electrons. The summed E-state index contributed by atoms with van der Waals surface area (Å²) in [7, 11) is 0. The molecule has 0 aromatic rings. The number of allylic oxidation sites excluding steroid dienone is 5. The van der Waals surface area contributed by atoms with Gasteiger partial charge in [-0.05, 0) is 46.1 Å². The fourth-order valence-corrected chi connectivity index (χ4v) is 3.27. The Morgan fingerprint density at radius 3 is 2.25 bits per heavy atom. The fraction of sp³-hybridized carbons (Fsp3) is 0.577. The third-order valence-corrected chi connectivity index (χ3v) is 5.86. The monoisotopic (exact) mass is 509 g/mol. The molecule has 0 aromatic heterocycles. The van der Waals surface area contributed by atoms with E-state index in [9.17, 15) is 29.7 Å². The van der Waals surface area contributed by atoms with Gasteiger partial charge in [0.1, 0.15) is 17.7 Å². The van der Waals surface area contributed by atoms with Crippen molar-refractivity contribution in [1.29, 1.82) is 0 Å². The van der Waals surface area contributed by atoms with Crippen LogP contribution in [0.2, 0.25) is 0 Å². The van der Waals surface area contributed by atoms with Gasteiger partial charge in [0.25, 0.3) is 5.91 Å². The standard InChI is InChI=1S/C26H39NO9/c1-7-17(4)14-25(5,34)22(31)21(30)23(32)27-20(16(2)3)24(33)36-18(26(6)15-35-26)12-10-8-9-11-13-19(28)29/h7-13,16,18,20-22,30-31,34H,14-15H2,1-6H3,(H,27,32)(H,28,29)/b9-8?,12-10?,13-11+,17-7+/t18-,20?,21?,22?,25?,26?/m1/s1. The Kier molecular flexibility index (Phi) is 11.7. The van der Waals surface area contributed by atoms with Crippen LogP contribution in [-0.4, -0.2) is 80.4 Å². The molecule has 0 aliphatic carbocycles. The molecular formula is C26H39NO9. The van der Waals surface area contributed by atoms with Crippen molar-refractivity contribution in [1.82, 2.24) is 5.32 Å². The van der Waals surface area contributed by atoms with E-state index in [1.807, 2.05) is 0 Å². The lowest BCUT2D eigenvalue weighted by Gasteiger charge is -2.33. The molecule has 1 amide bonds. The molecule has 202 valence electrons. The number of carboxylic acids is 1. The second-order valence-electron chi connectivity index (χ2n) is 9.71. The normalized spacial score (nSPS) is 23.4. The maximum atomic E-state index is 13.0. The summed E-state index contributed by atoms with van der Waals surface area (Å²) in [5.74, 6) is -3.29. The molecule has 1 heterocycles. The Morgan fingerprint density at radius 1 is 1.17 bits per heavy atom. The van der Waals surface area contributed by atoms with Crippen molar-refractivity contribution >= 4 is 17.8 Å². The lowest BCUT2D eigenvalue weighted by atomic mass is 9.87. The topological polar surface area (TPSA) is 166 Å². The zero-order chi connectivity index (χ0) is 27.7. The highest BCUT2D eigenvalue weighted by Gasteiger charge is 2.49. The Balaban J connectivity index is 2.91. The van der Waals surface area contributed by atoms with Crippen molar-refractivity contribution in [3.63, 3.8) is 0 Å². The van der Waals surface area contributed by atoms with Gasteiger partial charge in [-0.3, -0.25) is 4.79 Å². The molecule has 10 heteroatoms. The highest BCUT2D eigenvalue weighted by molar-refractivity contribution is 5.87.